The van der Waals surface area contributed by atoms with Gasteiger partial charge in [0.2, 0.25) is 0 Å². The van der Waals surface area contributed by atoms with Gasteiger partial charge in [-0.15, -0.1) is 0 Å². The predicted octanol–water partition coefficient (Wildman–Crippen LogP) is 1.85. The molecule has 0 aliphatic carbocycles. The summed E-state index contributed by atoms with van der Waals surface area (Å²) in [4.78, 5) is 11.2. The third-order valence-electron chi connectivity index (χ3n) is 1.76. The zero-order valence-electron chi connectivity index (χ0n) is 8.74. The molecule has 0 aliphatic rings. The second kappa shape index (κ2) is 5.09. The number of carbonyl (C=O) groups excluding carboxylic acids is 1. The molecule has 0 heterocycles. The molecular weight excluding hydrogens is 196 g/mol. The molecule has 1 aromatic carbocycles. The molecule has 82 valence electrons. The molecule has 1 amide bonds. The third-order valence-corrected chi connectivity index (χ3v) is 1.76. The van der Waals surface area contributed by atoms with Crippen LogP contribution in [0.3, 0.4) is 0 Å². The van der Waals surface area contributed by atoms with E-state index in [-0.39, 0.29) is 0 Å². The van der Waals surface area contributed by atoms with E-state index in [1.807, 2.05) is 0 Å². The number of carbonyl (C=O) groups is 1. The molecule has 5 heteroatoms. The molecular formula is C10H14N2O3. The smallest absolute Gasteiger partial charge is 0.411 e. The summed E-state index contributed by atoms with van der Waals surface area (Å²) in [6, 6.07) is 5.10. The molecule has 0 fully saturated rings. The van der Waals surface area contributed by atoms with Gasteiger partial charge >= 0.3 is 6.09 Å². The first-order chi connectivity index (χ1) is 7.19. The SMILES string of the molecule is CCOC(=O)Nc1cccc(N)c1OC. The molecule has 0 aliphatic heterocycles. The Morgan fingerprint density at radius 2 is 2.27 bits per heavy atom. The van der Waals surface area contributed by atoms with Crippen LogP contribution >= 0.6 is 0 Å². The zero-order chi connectivity index (χ0) is 11.3. The molecule has 0 radical (unpaired) electrons. The highest BCUT2D eigenvalue weighted by Gasteiger charge is 2.09. The number of nitrogen functional groups attached to an aromatic ring is 1. The van der Waals surface area contributed by atoms with Crippen LogP contribution in [0, 0.1) is 0 Å². The number of benzene rings is 1. The second-order valence-electron chi connectivity index (χ2n) is 2.77. The maximum absolute atomic E-state index is 11.2. The molecule has 15 heavy (non-hydrogen) atoms. The minimum absolute atomic E-state index is 0.316. The molecule has 0 spiro atoms. The van der Waals surface area contributed by atoms with Gasteiger partial charge in [0.1, 0.15) is 0 Å². The lowest BCUT2D eigenvalue weighted by molar-refractivity contribution is 0.168. The first kappa shape index (κ1) is 11.2. The van der Waals surface area contributed by atoms with Crippen LogP contribution in [0.2, 0.25) is 0 Å². The lowest BCUT2D eigenvalue weighted by Gasteiger charge is -2.11. The highest BCUT2D eigenvalue weighted by molar-refractivity contribution is 5.88. The molecule has 5 nitrogen and oxygen atoms in total. The van der Waals surface area contributed by atoms with E-state index in [0.29, 0.717) is 23.7 Å². The van der Waals surface area contributed by atoms with E-state index in [1.54, 1.807) is 25.1 Å². The van der Waals surface area contributed by atoms with E-state index < -0.39 is 6.09 Å². The maximum atomic E-state index is 11.2. The van der Waals surface area contributed by atoms with E-state index in [0.717, 1.165) is 0 Å². The van der Waals surface area contributed by atoms with Crippen molar-refractivity contribution in [2.24, 2.45) is 0 Å². The summed E-state index contributed by atoms with van der Waals surface area (Å²) in [5.74, 6) is 0.436. The van der Waals surface area contributed by atoms with Crippen LogP contribution in [0.15, 0.2) is 18.2 Å². The van der Waals surface area contributed by atoms with Crippen molar-refractivity contribution in [2.75, 3.05) is 24.8 Å². The van der Waals surface area contributed by atoms with Crippen molar-refractivity contribution in [1.82, 2.24) is 0 Å². The van der Waals surface area contributed by atoms with E-state index in [9.17, 15) is 4.79 Å². The van der Waals surface area contributed by atoms with Crippen LogP contribution in [0.4, 0.5) is 16.2 Å². The Labute approximate surface area is 88.2 Å². The summed E-state index contributed by atoms with van der Waals surface area (Å²) < 4.78 is 9.80. The number of anilines is 2. The molecule has 1 rings (SSSR count). The molecule has 0 bridgehead atoms. The minimum atomic E-state index is -0.526. The fourth-order valence-corrected chi connectivity index (χ4v) is 1.16. The fourth-order valence-electron chi connectivity index (χ4n) is 1.16. The Morgan fingerprint density at radius 3 is 2.87 bits per heavy atom. The Hall–Kier alpha value is -1.91. The summed E-state index contributed by atoms with van der Waals surface area (Å²) in [5, 5.41) is 2.54. The zero-order valence-corrected chi connectivity index (χ0v) is 8.74. The highest BCUT2D eigenvalue weighted by atomic mass is 16.5. The van der Waals surface area contributed by atoms with Crippen molar-refractivity contribution < 1.29 is 14.3 Å². The van der Waals surface area contributed by atoms with Crippen molar-refractivity contribution in [3.8, 4) is 5.75 Å². The lowest BCUT2D eigenvalue weighted by Crippen LogP contribution is -2.14. The standard InChI is InChI=1S/C10H14N2O3/c1-3-15-10(13)12-8-6-4-5-7(11)9(8)14-2/h4-6H,3,11H2,1-2H3,(H,12,13). The predicted molar refractivity (Wildman–Crippen MR) is 58.1 cm³/mol. The quantitative estimate of drug-likeness (QED) is 0.746. The number of rotatable bonds is 3. The molecule has 1 aromatic rings. The molecule has 0 saturated heterocycles. The van der Waals surface area contributed by atoms with E-state index in [1.165, 1.54) is 7.11 Å². The number of ether oxygens (including phenoxy) is 2. The summed E-state index contributed by atoms with van der Waals surface area (Å²) in [5.41, 5.74) is 6.63. The molecule has 3 N–H and O–H groups in total. The number of nitrogens with two attached hydrogens (primary N) is 1. The highest BCUT2D eigenvalue weighted by Crippen LogP contribution is 2.30. The van der Waals surface area contributed by atoms with Crippen molar-refractivity contribution >= 4 is 17.5 Å². The van der Waals surface area contributed by atoms with Crippen molar-refractivity contribution in [1.29, 1.82) is 0 Å². The largest absolute Gasteiger partial charge is 0.492 e. The van der Waals surface area contributed by atoms with Gasteiger partial charge < -0.3 is 15.2 Å². The molecule has 0 unspecified atom stereocenters. The number of hydrogen-bond acceptors (Lipinski definition) is 4. The van der Waals surface area contributed by atoms with Gasteiger partial charge in [-0.3, -0.25) is 5.32 Å². The van der Waals surface area contributed by atoms with E-state index >= 15 is 0 Å². The average molecular weight is 210 g/mol. The van der Waals surface area contributed by atoms with Gasteiger partial charge in [0.25, 0.3) is 0 Å². The van der Waals surface area contributed by atoms with E-state index in [4.69, 9.17) is 15.2 Å². The van der Waals surface area contributed by atoms with Crippen LogP contribution in [-0.4, -0.2) is 19.8 Å². The normalized spacial score (nSPS) is 9.47. The third kappa shape index (κ3) is 2.77. The number of nitrogens with one attached hydrogen (secondary N) is 1. The summed E-state index contributed by atoms with van der Waals surface area (Å²) in [6.45, 7) is 2.05. The van der Waals surface area contributed by atoms with Crippen LogP contribution in [0.5, 0.6) is 5.75 Å². The summed E-state index contributed by atoms with van der Waals surface area (Å²) in [6.07, 6.45) is -0.526. The maximum Gasteiger partial charge on any atom is 0.411 e. The first-order valence-electron chi connectivity index (χ1n) is 4.55. The summed E-state index contributed by atoms with van der Waals surface area (Å²) >= 11 is 0. The van der Waals surface area contributed by atoms with Gasteiger partial charge in [0.05, 0.1) is 25.1 Å². The Balaban J connectivity index is 2.84. The van der Waals surface area contributed by atoms with Gasteiger partial charge in [-0.25, -0.2) is 4.79 Å². The fraction of sp³-hybridized carbons (Fsp3) is 0.300. The monoisotopic (exact) mass is 210 g/mol. The van der Waals surface area contributed by atoms with Gasteiger partial charge in [0.15, 0.2) is 5.75 Å². The first-order valence-corrected chi connectivity index (χ1v) is 4.55. The van der Waals surface area contributed by atoms with Crippen molar-refractivity contribution in [3.05, 3.63) is 18.2 Å². The van der Waals surface area contributed by atoms with Gasteiger partial charge in [-0.1, -0.05) is 6.07 Å². The van der Waals surface area contributed by atoms with Gasteiger partial charge in [-0.2, -0.15) is 0 Å². The second-order valence-corrected chi connectivity index (χ2v) is 2.77. The molecule has 0 atom stereocenters. The van der Waals surface area contributed by atoms with Crippen LogP contribution in [-0.2, 0) is 4.74 Å². The Bertz CT molecular complexity index is 353. The lowest BCUT2D eigenvalue weighted by atomic mass is 10.2. The number of methoxy groups -OCH3 is 1. The van der Waals surface area contributed by atoms with Crippen molar-refractivity contribution in [3.63, 3.8) is 0 Å². The number of hydrogen-bond donors (Lipinski definition) is 2. The van der Waals surface area contributed by atoms with Crippen LogP contribution < -0.4 is 15.8 Å². The number of para-hydroxylation sites is 1. The van der Waals surface area contributed by atoms with Gasteiger partial charge in [0, 0.05) is 0 Å². The van der Waals surface area contributed by atoms with Crippen LogP contribution in [0.25, 0.3) is 0 Å². The Morgan fingerprint density at radius 1 is 1.53 bits per heavy atom. The van der Waals surface area contributed by atoms with E-state index in [2.05, 4.69) is 5.32 Å². The molecule has 0 aromatic heterocycles. The summed E-state index contributed by atoms with van der Waals surface area (Å²) in [7, 11) is 1.49. The average Bonchev–Trinajstić information content (AvgIpc) is 2.18. The topological polar surface area (TPSA) is 73.6 Å². The van der Waals surface area contributed by atoms with Crippen molar-refractivity contribution in [2.45, 2.75) is 6.92 Å². The van der Waals surface area contributed by atoms with Crippen LogP contribution in [0.1, 0.15) is 6.92 Å². The number of amides is 1. The molecule has 0 saturated carbocycles. The minimum Gasteiger partial charge on any atom is -0.492 e. The Kier molecular flexibility index (Phi) is 3.79. The van der Waals surface area contributed by atoms with Gasteiger partial charge in [-0.05, 0) is 19.1 Å².